The van der Waals surface area contributed by atoms with Crippen LogP contribution in [-0.4, -0.2) is 6.61 Å². The van der Waals surface area contributed by atoms with Crippen LogP contribution in [0.2, 0.25) is 0 Å². The van der Waals surface area contributed by atoms with Crippen LogP contribution in [0.5, 0.6) is 0 Å². The molecular weight excluding hydrogens is 214 g/mol. The van der Waals surface area contributed by atoms with Crippen molar-refractivity contribution in [2.24, 2.45) is 5.84 Å². The maximum Gasteiger partial charge on any atom is 0.131 e. The van der Waals surface area contributed by atoms with E-state index >= 15 is 0 Å². The molecule has 0 saturated heterocycles. The van der Waals surface area contributed by atoms with Crippen LogP contribution >= 0.6 is 0 Å². The number of rotatable bonds is 3. The average Bonchev–Trinajstić information content (AvgIpc) is 2.75. The Labute approximate surface area is 91.9 Å². The molecule has 1 aromatic rings. The number of benzene rings is 1. The van der Waals surface area contributed by atoms with Gasteiger partial charge in [0, 0.05) is 18.1 Å². The van der Waals surface area contributed by atoms with Crippen LogP contribution < -0.4 is 11.3 Å². The van der Waals surface area contributed by atoms with Crippen molar-refractivity contribution in [3.63, 3.8) is 0 Å². The summed E-state index contributed by atoms with van der Waals surface area (Å²) in [4.78, 5) is 0. The number of hydrazine groups is 1. The monoisotopic (exact) mass is 226 g/mol. The highest BCUT2D eigenvalue weighted by Gasteiger charge is 2.22. The Bertz CT molecular complexity index is 420. The Balaban J connectivity index is 2.32. The molecule has 1 unspecified atom stereocenters. The number of ether oxygens (including phenoxy) is 1. The van der Waals surface area contributed by atoms with E-state index in [0.29, 0.717) is 12.4 Å². The van der Waals surface area contributed by atoms with Crippen molar-refractivity contribution in [3.8, 4) is 0 Å². The van der Waals surface area contributed by atoms with Crippen molar-refractivity contribution in [2.75, 3.05) is 6.61 Å². The molecule has 0 aromatic heterocycles. The Hall–Kier alpha value is -1.46. The largest absolute Gasteiger partial charge is 0.496 e. The van der Waals surface area contributed by atoms with Gasteiger partial charge in [-0.15, -0.1) is 0 Å². The molecular formula is C11H12F2N2O. The highest BCUT2D eigenvalue weighted by Crippen LogP contribution is 2.27. The van der Waals surface area contributed by atoms with Gasteiger partial charge in [0.05, 0.1) is 6.61 Å². The molecule has 1 heterocycles. The van der Waals surface area contributed by atoms with E-state index in [1.807, 2.05) is 6.08 Å². The number of nitrogens with one attached hydrogen (secondary N) is 1. The molecule has 0 aliphatic carbocycles. The number of nitrogens with two attached hydrogens (primary N) is 1. The molecule has 0 fully saturated rings. The lowest BCUT2D eigenvalue weighted by atomic mass is 10.0. The molecule has 1 aliphatic rings. The number of hydrogen-bond donors (Lipinski definition) is 2. The van der Waals surface area contributed by atoms with Crippen molar-refractivity contribution >= 4 is 0 Å². The second-order valence-electron chi connectivity index (χ2n) is 3.51. The molecule has 1 aromatic carbocycles. The van der Waals surface area contributed by atoms with Crippen LogP contribution in [0.4, 0.5) is 8.78 Å². The van der Waals surface area contributed by atoms with Gasteiger partial charge in [-0.25, -0.2) is 14.2 Å². The summed E-state index contributed by atoms with van der Waals surface area (Å²) >= 11 is 0. The SMILES string of the molecule is NNC(C1=CCCO1)c1ccc(F)cc1F. The zero-order valence-corrected chi connectivity index (χ0v) is 8.54. The summed E-state index contributed by atoms with van der Waals surface area (Å²) in [7, 11) is 0. The lowest BCUT2D eigenvalue weighted by Gasteiger charge is -2.18. The summed E-state index contributed by atoms with van der Waals surface area (Å²) in [5.41, 5.74) is 2.74. The molecule has 0 saturated carbocycles. The minimum absolute atomic E-state index is 0.275. The quantitative estimate of drug-likeness (QED) is 0.610. The highest BCUT2D eigenvalue weighted by molar-refractivity contribution is 5.28. The van der Waals surface area contributed by atoms with E-state index < -0.39 is 17.7 Å². The normalized spacial score (nSPS) is 16.8. The maximum absolute atomic E-state index is 13.5. The first-order chi connectivity index (χ1) is 7.72. The lowest BCUT2D eigenvalue weighted by molar-refractivity contribution is 0.214. The van der Waals surface area contributed by atoms with Crippen LogP contribution in [0.15, 0.2) is 30.0 Å². The molecule has 5 heteroatoms. The Morgan fingerprint density at radius 2 is 2.19 bits per heavy atom. The van der Waals surface area contributed by atoms with Crippen molar-refractivity contribution in [1.82, 2.24) is 5.43 Å². The Morgan fingerprint density at radius 1 is 1.38 bits per heavy atom. The molecule has 0 spiro atoms. The van der Waals surface area contributed by atoms with E-state index in [4.69, 9.17) is 10.6 Å². The third-order valence-electron chi connectivity index (χ3n) is 2.46. The second kappa shape index (κ2) is 4.59. The lowest BCUT2D eigenvalue weighted by Crippen LogP contribution is -2.30. The summed E-state index contributed by atoms with van der Waals surface area (Å²) < 4.78 is 31.6. The first kappa shape index (κ1) is 11.0. The molecule has 1 atom stereocenters. The Kier molecular flexibility index (Phi) is 3.17. The van der Waals surface area contributed by atoms with Gasteiger partial charge in [-0.3, -0.25) is 5.84 Å². The smallest absolute Gasteiger partial charge is 0.131 e. The molecule has 86 valence electrons. The second-order valence-corrected chi connectivity index (χ2v) is 3.51. The topological polar surface area (TPSA) is 47.3 Å². The van der Waals surface area contributed by atoms with E-state index in [9.17, 15) is 8.78 Å². The van der Waals surface area contributed by atoms with Crippen LogP contribution in [0, 0.1) is 11.6 Å². The third kappa shape index (κ3) is 2.05. The third-order valence-corrected chi connectivity index (χ3v) is 2.46. The predicted molar refractivity (Wildman–Crippen MR) is 55.1 cm³/mol. The molecule has 3 N–H and O–H groups in total. The molecule has 1 aliphatic heterocycles. The first-order valence-corrected chi connectivity index (χ1v) is 4.96. The van der Waals surface area contributed by atoms with Crippen molar-refractivity contribution in [3.05, 3.63) is 47.2 Å². The average molecular weight is 226 g/mol. The predicted octanol–water partition coefficient (Wildman–Crippen LogP) is 1.77. The summed E-state index contributed by atoms with van der Waals surface area (Å²) in [6.45, 7) is 0.566. The first-order valence-electron chi connectivity index (χ1n) is 4.96. The van der Waals surface area contributed by atoms with E-state index in [2.05, 4.69) is 5.43 Å². The summed E-state index contributed by atoms with van der Waals surface area (Å²) in [5.74, 6) is 4.69. The highest BCUT2D eigenvalue weighted by atomic mass is 19.1. The van der Waals surface area contributed by atoms with Crippen molar-refractivity contribution < 1.29 is 13.5 Å². The van der Waals surface area contributed by atoms with Gasteiger partial charge in [-0.05, 0) is 12.1 Å². The van der Waals surface area contributed by atoms with Gasteiger partial charge < -0.3 is 4.74 Å². The van der Waals surface area contributed by atoms with Crippen LogP contribution in [0.1, 0.15) is 18.0 Å². The van der Waals surface area contributed by atoms with E-state index in [-0.39, 0.29) is 5.56 Å². The maximum atomic E-state index is 13.5. The van der Waals surface area contributed by atoms with Crippen LogP contribution in [-0.2, 0) is 4.74 Å². The van der Waals surface area contributed by atoms with Gasteiger partial charge in [0.25, 0.3) is 0 Å². The number of halogens is 2. The summed E-state index contributed by atoms with van der Waals surface area (Å²) in [6.07, 6.45) is 2.61. The minimum atomic E-state index is -0.639. The molecule has 0 amide bonds. The minimum Gasteiger partial charge on any atom is -0.496 e. The standard InChI is InChI=1S/C11H12F2N2O/c12-7-3-4-8(9(13)6-7)11(15-14)10-2-1-5-16-10/h2-4,6,11,15H,1,5,14H2. The molecule has 3 nitrogen and oxygen atoms in total. The number of hydrogen-bond acceptors (Lipinski definition) is 3. The van der Waals surface area contributed by atoms with E-state index in [1.165, 1.54) is 12.1 Å². The van der Waals surface area contributed by atoms with Gasteiger partial charge in [0.1, 0.15) is 23.4 Å². The summed E-state index contributed by atoms with van der Waals surface area (Å²) in [6, 6.07) is 2.81. The van der Waals surface area contributed by atoms with Crippen molar-refractivity contribution in [1.29, 1.82) is 0 Å². The Morgan fingerprint density at radius 3 is 2.75 bits per heavy atom. The van der Waals surface area contributed by atoms with Gasteiger partial charge in [-0.2, -0.15) is 0 Å². The van der Waals surface area contributed by atoms with Gasteiger partial charge >= 0.3 is 0 Å². The van der Waals surface area contributed by atoms with Crippen LogP contribution in [0.25, 0.3) is 0 Å². The summed E-state index contributed by atoms with van der Waals surface area (Å²) in [5, 5.41) is 0. The molecule has 0 radical (unpaired) electrons. The van der Waals surface area contributed by atoms with Gasteiger partial charge in [0.2, 0.25) is 0 Å². The molecule has 2 rings (SSSR count). The van der Waals surface area contributed by atoms with Crippen molar-refractivity contribution in [2.45, 2.75) is 12.5 Å². The zero-order chi connectivity index (χ0) is 11.5. The van der Waals surface area contributed by atoms with E-state index in [1.54, 1.807) is 0 Å². The fraction of sp³-hybridized carbons (Fsp3) is 0.273. The van der Waals surface area contributed by atoms with E-state index in [0.717, 1.165) is 12.5 Å². The fourth-order valence-electron chi connectivity index (χ4n) is 1.70. The van der Waals surface area contributed by atoms with Gasteiger partial charge in [-0.1, -0.05) is 6.07 Å². The molecule has 16 heavy (non-hydrogen) atoms. The molecule has 0 bridgehead atoms. The zero-order valence-electron chi connectivity index (χ0n) is 8.54. The fourth-order valence-corrected chi connectivity index (χ4v) is 1.70. The van der Waals surface area contributed by atoms with Crippen LogP contribution in [0.3, 0.4) is 0 Å². The van der Waals surface area contributed by atoms with Gasteiger partial charge in [0.15, 0.2) is 0 Å².